The van der Waals surface area contributed by atoms with Gasteiger partial charge in [0.05, 0.1) is 36.8 Å². The summed E-state index contributed by atoms with van der Waals surface area (Å²) in [6.45, 7) is 3.48. The number of nitrogens with two attached hydrogens (primary N) is 1. The average molecular weight is 566 g/mol. The van der Waals surface area contributed by atoms with Gasteiger partial charge in [-0.3, -0.25) is 14.9 Å². The van der Waals surface area contributed by atoms with Crippen molar-refractivity contribution >= 4 is 50.3 Å². The van der Waals surface area contributed by atoms with Gasteiger partial charge in [0.15, 0.2) is 0 Å². The van der Waals surface area contributed by atoms with Crippen molar-refractivity contribution in [3.8, 4) is 0 Å². The molecule has 1 aromatic carbocycles. The Hall–Kier alpha value is -3.53. The number of hydrogen-bond donors (Lipinski definition) is 3. The van der Waals surface area contributed by atoms with Gasteiger partial charge in [-0.1, -0.05) is 0 Å². The molecule has 0 bridgehead atoms. The molecule has 3 heterocycles. The van der Waals surface area contributed by atoms with Crippen LogP contribution in [-0.2, 0) is 32.5 Å². The minimum atomic E-state index is -3.73. The smallest absolute Gasteiger partial charge is 0.410 e. The first-order valence-corrected chi connectivity index (χ1v) is 14.0. The van der Waals surface area contributed by atoms with Gasteiger partial charge >= 0.3 is 12.1 Å². The number of nitrogens with zero attached hydrogens (tertiary/aromatic N) is 2. The van der Waals surface area contributed by atoms with Crippen molar-refractivity contribution in [2.75, 3.05) is 44.8 Å². The number of urea groups is 1. The van der Waals surface area contributed by atoms with Crippen molar-refractivity contribution in [3.05, 3.63) is 45.8 Å². The third-order valence-corrected chi connectivity index (χ3v) is 9.04. The number of carbonyl (C=O) groups is 4. The third-order valence-electron chi connectivity index (χ3n) is 6.00. The van der Waals surface area contributed by atoms with Crippen LogP contribution in [0.2, 0.25) is 0 Å². The summed E-state index contributed by atoms with van der Waals surface area (Å²) in [4.78, 5) is 51.6. The lowest BCUT2D eigenvalue weighted by molar-refractivity contribution is 0.0730. The highest BCUT2D eigenvalue weighted by Gasteiger charge is 2.32. The fraction of sp³-hybridized carbons (Fsp3) is 0.391. The second-order valence-corrected chi connectivity index (χ2v) is 11.4. The minimum Gasteiger partial charge on any atom is -0.450 e. The number of ether oxygens (including phenoxy) is 2. The summed E-state index contributed by atoms with van der Waals surface area (Å²) in [5.41, 5.74) is 5.98. The molecule has 1 saturated heterocycles. The topological polar surface area (TPSA) is 177 Å². The summed E-state index contributed by atoms with van der Waals surface area (Å²) in [7, 11) is -3.73. The first-order chi connectivity index (χ1) is 18.1. The molecule has 2 aliphatic heterocycles. The number of imide groups is 1. The molecule has 0 unspecified atom stereocenters. The van der Waals surface area contributed by atoms with Crippen LogP contribution in [0.25, 0.3) is 0 Å². The monoisotopic (exact) mass is 565 g/mol. The first-order valence-electron chi connectivity index (χ1n) is 11.8. The zero-order valence-electron chi connectivity index (χ0n) is 20.5. The Kier molecular flexibility index (Phi) is 8.30. The highest BCUT2D eigenvalue weighted by atomic mass is 32.2. The summed E-state index contributed by atoms with van der Waals surface area (Å²) in [6.07, 6.45) is -0.191. The molecule has 0 radical (unpaired) electrons. The molecule has 1 aromatic heterocycles. The molecule has 5 amide bonds. The van der Waals surface area contributed by atoms with E-state index in [9.17, 15) is 27.6 Å². The average Bonchev–Trinajstić information content (AvgIpc) is 3.26. The van der Waals surface area contributed by atoms with Gasteiger partial charge in [-0.05, 0) is 43.2 Å². The second kappa shape index (κ2) is 11.5. The summed E-state index contributed by atoms with van der Waals surface area (Å²) >= 11 is 1.10. The van der Waals surface area contributed by atoms with Gasteiger partial charge in [0.1, 0.15) is 5.00 Å². The van der Waals surface area contributed by atoms with Crippen LogP contribution in [-0.4, -0.2) is 81.0 Å². The highest BCUT2D eigenvalue weighted by molar-refractivity contribution is 7.89. The van der Waals surface area contributed by atoms with Gasteiger partial charge in [-0.2, -0.15) is 4.31 Å². The Balaban J connectivity index is 1.57. The first kappa shape index (κ1) is 27.5. The number of benzene rings is 1. The Bertz CT molecular complexity index is 1350. The summed E-state index contributed by atoms with van der Waals surface area (Å²) in [5, 5.41) is 4.89. The van der Waals surface area contributed by atoms with Crippen molar-refractivity contribution in [1.29, 1.82) is 0 Å². The summed E-state index contributed by atoms with van der Waals surface area (Å²) < 4.78 is 37.3. The predicted octanol–water partition coefficient (Wildman–Crippen LogP) is 1.34. The zero-order valence-corrected chi connectivity index (χ0v) is 22.2. The fourth-order valence-electron chi connectivity index (χ4n) is 4.17. The molecule has 13 nitrogen and oxygen atoms in total. The minimum absolute atomic E-state index is 0.0446. The van der Waals surface area contributed by atoms with Gasteiger partial charge in [-0.15, -0.1) is 11.3 Å². The number of rotatable bonds is 6. The quantitative estimate of drug-likeness (QED) is 0.470. The van der Waals surface area contributed by atoms with E-state index in [1.54, 1.807) is 6.92 Å². The molecule has 1 fully saturated rings. The van der Waals surface area contributed by atoms with Crippen molar-refractivity contribution in [2.24, 2.45) is 5.73 Å². The number of anilines is 1. The normalized spacial score (nSPS) is 15.9. The van der Waals surface area contributed by atoms with E-state index in [2.05, 4.69) is 5.32 Å². The molecule has 2 aromatic rings. The molecule has 0 saturated carbocycles. The summed E-state index contributed by atoms with van der Waals surface area (Å²) in [6, 6.07) is 4.39. The maximum Gasteiger partial charge on any atom is 0.410 e. The van der Waals surface area contributed by atoms with E-state index in [0.29, 0.717) is 30.1 Å². The highest BCUT2D eigenvalue weighted by Crippen LogP contribution is 2.37. The number of primary amides is 1. The van der Waals surface area contributed by atoms with E-state index in [1.165, 1.54) is 33.5 Å². The van der Waals surface area contributed by atoms with Crippen LogP contribution >= 0.6 is 11.3 Å². The number of hydrogen-bond acceptors (Lipinski definition) is 9. The van der Waals surface area contributed by atoms with Crippen LogP contribution in [0.3, 0.4) is 0 Å². The van der Waals surface area contributed by atoms with Crippen molar-refractivity contribution < 1.29 is 37.1 Å². The molecule has 0 atom stereocenters. The molecule has 0 spiro atoms. The predicted molar refractivity (Wildman–Crippen MR) is 136 cm³/mol. The Morgan fingerprint density at radius 2 is 1.76 bits per heavy atom. The largest absolute Gasteiger partial charge is 0.450 e. The van der Waals surface area contributed by atoms with E-state index < -0.39 is 34.0 Å². The van der Waals surface area contributed by atoms with Crippen LogP contribution < -0.4 is 16.4 Å². The standard InChI is InChI=1S/C23H27N5O8S2/c1-2-36-23(32)27-8-7-16-17(13-27)37-21(18(16)20(30)26-22(24)31)25-19(29)14-3-5-15(6-4-14)38(33,34)28-9-11-35-12-10-28/h3-6H,2,7-13H2,1H3,(H,25,29)(H3,24,26,30,31). The van der Waals surface area contributed by atoms with Gasteiger partial charge in [-0.25, -0.2) is 18.0 Å². The van der Waals surface area contributed by atoms with Crippen LogP contribution in [0.1, 0.15) is 38.1 Å². The molecular formula is C23H27N5O8S2. The van der Waals surface area contributed by atoms with Crippen molar-refractivity contribution in [2.45, 2.75) is 24.8 Å². The van der Waals surface area contributed by atoms with Crippen LogP contribution in [0.5, 0.6) is 0 Å². The number of sulfonamides is 1. The lowest BCUT2D eigenvalue weighted by Gasteiger charge is -2.26. The van der Waals surface area contributed by atoms with E-state index in [4.69, 9.17) is 15.2 Å². The molecule has 2 aliphatic rings. The SMILES string of the molecule is CCOC(=O)N1CCc2c(sc(NC(=O)c3ccc(S(=O)(=O)N4CCOCC4)cc3)c2C(=O)NC(N)=O)C1. The van der Waals surface area contributed by atoms with E-state index in [1.807, 2.05) is 5.32 Å². The van der Waals surface area contributed by atoms with Crippen LogP contribution in [0.15, 0.2) is 29.2 Å². The third kappa shape index (κ3) is 5.80. The van der Waals surface area contributed by atoms with Gasteiger partial charge in [0.25, 0.3) is 11.8 Å². The van der Waals surface area contributed by atoms with E-state index in [-0.39, 0.29) is 53.8 Å². The molecule has 15 heteroatoms. The lowest BCUT2D eigenvalue weighted by Crippen LogP contribution is -2.40. The van der Waals surface area contributed by atoms with Crippen LogP contribution in [0.4, 0.5) is 14.6 Å². The number of morpholine rings is 1. The Morgan fingerprint density at radius 1 is 1.08 bits per heavy atom. The fourth-order valence-corrected chi connectivity index (χ4v) is 6.83. The second-order valence-electron chi connectivity index (χ2n) is 8.39. The van der Waals surface area contributed by atoms with Crippen LogP contribution in [0, 0.1) is 0 Å². The number of nitrogens with one attached hydrogen (secondary N) is 2. The zero-order chi connectivity index (χ0) is 27.4. The molecular weight excluding hydrogens is 538 g/mol. The van der Waals surface area contributed by atoms with Crippen molar-refractivity contribution in [1.82, 2.24) is 14.5 Å². The molecule has 38 heavy (non-hydrogen) atoms. The van der Waals surface area contributed by atoms with E-state index >= 15 is 0 Å². The number of carbonyl (C=O) groups excluding carboxylic acids is 4. The number of thiophene rings is 1. The van der Waals surface area contributed by atoms with Gasteiger partial charge in [0, 0.05) is 30.1 Å². The summed E-state index contributed by atoms with van der Waals surface area (Å²) in [5.74, 6) is -1.36. The number of amides is 5. The molecule has 204 valence electrons. The maximum atomic E-state index is 13.1. The van der Waals surface area contributed by atoms with Crippen molar-refractivity contribution in [3.63, 3.8) is 0 Å². The molecule has 4 rings (SSSR count). The lowest BCUT2D eigenvalue weighted by atomic mass is 10.0. The number of fused-ring (bicyclic) bond motifs is 1. The Morgan fingerprint density at radius 3 is 2.39 bits per heavy atom. The maximum absolute atomic E-state index is 13.1. The van der Waals surface area contributed by atoms with Gasteiger partial charge < -0.3 is 25.4 Å². The molecule has 4 N–H and O–H groups in total. The Labute approximate surface area is 222 Å². The molecule has 0 aliphatic carbocycles. The van der Waals surface area contributed by atoms with Gasteiger partial charge in [0.2, 0.25) is 10.0 Å². The van der Waals surface area contributed by atoms with E-state index in [0.717, 1.165) is 11.3 Å².